The average Bonchev–Trinajstić information content (AvgIpc) is 3.08. The van der Waals surface area contributed by atoms with Gasteiger partial charge in [-0.3, -0.25) is 9.69 Å². The van der Waals surface area contributed by atoms with Crippen LogP contribution in [0.1, 0.15) is 5.56 Å². The number of carbonyl (C=O) groups excluding carboxylic acids is 2. The number of hydrogen-bond donors (Lipinski definition) is 0. The van der Waals surface area contributed by atoms with E-state index < -0.39 is 0 Å². The molecule has 2 heterocycles. The number of nitrogens with zero attached hydrogens (tertiary/aromatic N) is 4. The monoisotopic (exact) mass is 412 g/mol. The number of carbonyl (C=O) groups is 2. The molecule has 0 bridgehead atoms. The van der Waals surface area contributed by atoms with Crippen LogP contribution < -0.4 is 9.80 Å². The second-order valence-electron chi connectivity index (χ2n) is 7.54. The third-order valence-corrected chi connectivity index (χ3v) is 5.78. The smallest absolute Gasteiger partial charge is 0.325 e. The van der Waals surface area contributed by atoms with E-state index in [0.29, 0.717) is 31.2 Å². The van der Waals surface area contributed by atoms with Crippen LogP contribution in [-0.4, -0.2) is 67.6 Å². The SMILES string of the molecule is Cc1cccc(N2CCN(C(=O)CN3CCN(c4cccc(Cl)c4)C3=O)CC2)c1. The van der Waals surface area contributed by atoms with Gasteiger partial charge in [-0.15, -0.1) is 0 Å². The van der Waals surface area contributed by atoms with Gasteiger partial charge >= 0.3 is 6.03 Å². The topological polar surface area (TPSA) is 47.1 Å². The Labute approximate surface area is 176 Å². The summed E-state index contributed by atoms with van der Waals surface area (Å²) < 4.78 is 0. The molecule has 0 saturated carbocycles. The van der Waals surface area contributed by atoms with Crippen molar-refractivity contribution >= 4 is 34.9 Å². The molecule has 0 atom stereocenters. The van der Waals surface area contributed by atoms with Gasteiger partial charge in [0.15, 0.2) is 0 Å². The fourth-order valence-corrected chi connectivity index (χ4v) is 4.10. The largest absolute Gasteiger partial charge is 0.368 e. The molecule has 0 spiro atoms. The highest BCUT2D eigenvalue weighted by molar-refractivity contribution is 6.30. The number of piperazine rings is 1. The zero-order chi connectivity index (χ0) is 20.4. The maximum Gasteiger partial charge on any atom is 0.325 e. The molecule has 2 saturated heterocycles. The predicted octanol–water partition coefficient (Wildman–Crippen LogP) is 3.24. The molecule has 152 valence electrons. The van der Waals surface area contributed by atoms with E-state index in [1.165, 1.54) is 11.3 Å². The summed E-state index contributed by atoms with van der Waals surface area (Å²) in [6.45, 7) is 6.27. The summed E-state index contributed by atoms with van der Waals surface area (Å²) in [5.41, 5.74) is 3.20. The van der Waals surface area contributed by atoms with Crippen molar-refractivity contribution in [1.82, 2.24) is 9.80 Å². The summed E-state index contributed by atoms with van der Waals surface area (Å²) in [6, 6.07) is 15.5. The average molecular weight is 413 g/mol. The summed E-state index contributed by atoms with van der Waals surface area (Å²) in [5.74, 6) is 0.00943. The first-order valence-electron chi connectivity index (χ1n) is 9.93. The molecule has 29 heavy (non-hydrogen) atoms. The van der Waals surface area contributed by atoms with Crippen molar-refractivity contribution in [2.24, 2.45) is 0 Å². The standard InChI is InChI=1S/C22H25ClN4O2/c1-17-4-2-6-19(14-17)24-8-10-25(11-9-24)21(28)16-26-12-13-27(22(26)29)20-7-3-5-18(23)15-20/h2-7,14-15H,8-13,16H2,1H3. The lowest BCUT2D eigenvalue weighted by molar-refractivity contribution is -0.131. The zero-order valence-electron chi connectivity index (χ0n) is 16.6. The molecule has 0 aromatic heterocycles. The quantitative estimate of drug-likeness (QED) is 0.774. The molecule has 2 aromatic rings. The predicted molar refractivity (Wildman–Crippen MR) is 116 cm³/mol. The molecule has 0 unspecified atom stereocenters. The number of benzene rings is 2. The normalized spacial score (nSPS) is 17.2. The molecule has 0 radical (unpaired) electrons. The molecular weight excluding hydrogens is 388 g/mol. The van der Waals surface area contributed by atoms with Crippen molar-refractivity contribution in [1.29, 1.82) is 0 Å². The van der Waals surface area contributed by atoms with Gasteiger partial charge in [-0.25, -0.2) is 4.79 Å². The molecule has 2 aliphatic rings. The lowest BCUT2D eigenvalue weighted by atomic mass is 10.2. The van der Waals surface area contributed by atoms with Crippen molar-refractivity contribution < 1.29 is 9.59 Å². The van der Waals surface area contributed by atoms with Crippen molar-refractivity contribution in [2.75, 3.05) is 55.6 Å². The lowest BCUT2D eigenvalue weighted by Gasteiger charge is -2.36. The van der Waals surface area contributed by atoms with Crippen LogP contribution in [0.15, 0.2) is 48.5 Å². The van der Waals surface area contributed by atoms with E-state index >= 15 is 0 Å². The van der Waals surface area contributed by atoms with Crippen molar-refractivity contribution in [3.63, 3.8) is 0 Å². The number of anilines is 2. The van der Waals surface area contributed by atoms with E-state index in [1.807, 2.05) is 17.0 Å². The van der Waals surface area contributed by atoms with Crippen LogP contribution in [-0.2, 0) is 4.79 Å². The van der Waals surface area contributed by atoms with Crippen LogP contribution in [0, 0.1) is 6.92 Å². The summed E-state index contributed by atoms with van der Waals surface area (Å²) in [5, 5.41) is 0.594. The fraction of sp³-hybridized carbons (Fsp3) is 0.364. The van der Waals surface area contributed by atoms with Gasteiger partial charge < -0.3 is 14.7 Å². The van der Waals surface area contributed by atoms with Crippen LogP contribution in [0.5, 0.6) is 0 Å². The number of aryl methyl sites for hydroxylation is 1. The first kappa shape index (κ1) is 19.6. The summed E-state index contributed by atoms with van der Waals surface area (Å²) >= 11 is 6.04. The first-order valence-corrected chi connectivity index (χ1v) is 10.3. The molecule has 7 heteroatoms. The highest BCUT2D eigenvalue weighted by atomic mass is 35.5. The highest BCUT2D eigenvalue weighted by Crippen LogP contribution is 2.24. The Morgan fingerprint density at radius 3 is 2.38 bits per heavy atom. The molecule has 3 amide bonds. The van der Waals surface area contributed by atoms with Crippen molar-refractivity contribution in [3.8, 4) is 0 Å². The Kier molecular flexibility index (Phi) is 5.62. The number of rotatable bonds is 4. The highest BCUT2D eigenvalue weighted by Gasteiger charge is 2.32. The van der Waals surface area contributed by atoms with Crippen LogP contribution >= 0.6 is 11.6 Å². The van der Waals surface area contributed by atoms with Crippen LogP contribution in [0.3, 0.4) is 0 Å². The van der Waals surface area contributed by atoms with Crippen LogP contribution in [0.4, 0.5) is 16.2 Å². The van der Waals surface area contributed by atoms with Crippen molar-refractivity contribution in [2.45, 2.75) is 6.92 Å². The van der Waals surface area contributed by atoms with Crippen molar-refractivity contribution in [3.05, 3.63) is 59.1 Å². The minimum absolute atomic E-state index is 0.00943. The van der Waals surface area contributed by atoms with Gasteiger partial charge in [0.05, 0.1) is 0 Å². The van der Waals surface area contributed by atoms with Gasteiger partial charge in [0.25, 0.3) is 0 Å². The molecule has 0 N–H and O–H groups in total. The Morgan fingerprint density at radius 2 is 1.66 bits per heavy atom. The Bertz CT molecular complexity index is 911. The second-order valence-corrected chi connectivity index (χ2v) is 7.98. The van der Waals surface area contributed by atoms with E-state index in [-0.39, 0.29) is 18.5 Å². The Balaban J connectivity index is 1.32. The van der Waals surface area contributed by atoms with Gasteiger partial charge in [-0.2, -0.15) is 0 Å². The molecule has 2 fully saturated rings. The molecule has 2 aromatic carbocycles. The number of amides is 3. The maximum absolute atomic E-state index is 12.8. The summed E-state index contributed by atoms with van der Waals surface area (Å²) in [7, 11) is 0. The van der Waals surface area contributed by atoms with Crippen LogP contribution in [0.2, 0.25) is 5.02 Å². The van der Waals surface area contributed by atoms with Gasteiger partial charge in [0.2, 0.25) is 5.91 Å². The fourth-order valence-electron chi connectivity index (χ4n) is 3.91. The molecule has 0 aliphatic carbocycles. The molecule has 6 nitrogen and oxygen atoms in total. The van der Waals surface area contributed by atoms with E-state index in [9.17, 15) is 9.59 Å². The molecular formula is C22H25ClN4O2. The molecule has 2 aliphatic heterocycles. The van der Waals surface area contributed by atoms with Gasteiger partial charge in [0.1, 0.15) is 6.54 Å². The number of urea groups is 1. The van der Waals surface area contributed by atoms with Crippen LogP contribution in [0.25, 0.3) is 0 Å². The van der Waals surface area contributed by atoms with E-state index in [1.54, 1.807) is 21.9 Å². The minimum Gasteiger partial charge on any atom is -0.368 e. The zero-order valence-corrected chi connectivity index (χ0v) is 17.3. The summed E-state index contributed by atoms with van der Waals surface area (Å²) in [4.78, 5) is 33.0. The van der Waals surface area contributed by atoms with Gasteiger partial charge in [-0.1, -0.05) is 29.8 Å². The Hall–Kier alpha value is -2.73. The van der Waals surface area contributed by atoms with E-state index in [2.05, 4.69) is 36.1 Å². The minimum atomic E-state index is -0.140. The number of hydrogen-bond acceptors (Lipinski definition) is 3. The summed E-state index contributed by atoms with van der Waals surface area (Å²) in [6.07, 6.45) is 0. The van der Waals surface area contributed by atoms with Gasteiger partial charge in [-0.05, 0) is 42.8 Å². The third kappa shape index (κ3) is 4.32. The first-order chi connectivity index (χ1) is 14.0. The maximum atomic E-state index is 12.8. The molecule has 4 rings (SSSR count). The third-order valence-electron chi connectivity index (χ3n) is 5.54. The Morgan fingerprint density at radius 1 is 0.931 bits per heavy atom. The van der Waals surface area contributed by atoms with E-state index in [4.69, 9.17) is 11.6 Å². The lowest BCUT2D eigenvalue weighted by Crippen LogP contribution is -2.51. The van der Waals surface area contributed by atoms with E-state index in [0.717, 1.165) is 18.8 Å². The van der Waals surface area contributed by atoms with Gasteiger partial charge in [0, 0.05) is 55.7 Å². The number of halogens is 1. The second kappa shape index (κ2) is 8.33.